The lowest BCUT2D eigenvalue weighted by Gasteiger charge is -2.12. The third kappa shape index (κ3) is 3.81. The van der Waals surface area contributed by atoms with E-state index in [0.717, 1.165) is 17.9 Å². The van der Waals surface area contributed by atoms with Crippen LogP contribution in [0.1, 0.15) is 20.3 Å². The van der Waals surface area contributed by atoms with Gasteiger partial charge in [0.1, 0.15) is 5.75 Å². The van der Waals surface area contributed by atoms with Crippen molar-refractivity contribution in [1.82, 2.24) is 5.32 Å². The van der Waals surface area contributed by atoms with Crippen LogP contribution in [0.2, 0.25) is 0 Å². The molecule has 2 N–H and O–H groups in total. The summed E-state index contributed by atoms with van der Waals surface area (Å²) in [6, 6.07) is 7.21. The second-order valence-corrected chi connectivity index (χ2v) is 3.64. The number of rotatable bonds is 4. The van der Waals surface area contributed by atoms with Gasteiger partial charge in [0, 0.05) is 11.7 Å². The number of ether oxygens (including phenoxy) is 1. The van der Waals surface area contributed by atoms with Gasteiger partial charge in [0.15, 0.2) is 0 Å². The molecule has 0 saturated heterocycles. The van der Waals surface area contributed by atoms with Crippen LogP contribution in [0.3, 0.4) is 0 Å². The first-order chi connectivity index (χ1) is 7.65. The maximum atomic E-state index is 11.5. The number of urea groups is 1. The fourth-order valence-corrected chi connectivity index (χ4v) is 1.17. The Kier molecular flexibility index (Phi) is 4.64. The van der Waals surface area contributed by atoms with Crippen LogP contribution in [0.15, 0.2) is 24.3 Å². The van der Waals surface area contributed by atoms with Crippen molar-refractivity contribution in [2.45, 2.75) is 26.3 Å². The first-order valence-electron chi connectivity index (χ1n) is 5.37. The second-order valence-electron chi connectivity index (χ2n) is 3.64. The van der Waals surface area contributed by atoms with Gasteiger partial charge in [-0.1, -0.05) is 6.92 Å². The Hall–Kier alpha value is -1.71. The lowest BCUT2D eigenvalue weighted by Crippen LogP contribution is -2.35. The number of anilines is 1. The van der Waals surface area contributed by atoms with E-state index in [2.05, 4.69) is 10.6 Å². The average molecular weight is 222 g/mol. The number of hydrogen-bond acceptors (Lipinski definition) is 2. The van der Waals surface area contributed by atoms with E-state index in [4.69, 9.17) is 4.74 Å². The second kappa shape index (κ2) is 6.00. The molecule has 4 heteroatoms. The summed E-state index contributed by atoms with van der Waals surface area (Å²) < 4.78 is 5.03. The minimum absolute atomic E-state index is 0.179. The van der Waals surface area contributed by atoms with Crippen LogP contribution in [0.25, 0.3) is 0 Å². The highest BCUT2D eigenvalue weighted by Crippen LogP contribution is 2.14. The standard InChI is InChI=1S/C12H18N2O2/c1-4-9(2)13-12(15)14-10-5-7-11(16-3)8-6-10/h5-9H,4H2,1-3H3,(H2,13,14,15)/t9-/m1/s1. The molecule has 0 spiro atoms. The van der Waals surface area contributed by atoms with Crippen LogP contribution < -0.4 is 15.4 Å². The maximum Gasteiger partial charge on any atom is 0.319 e. The Bertz CT molecular complexity index is 335. The van der Waals surface area contributed by atoms with E-state index < -0.39 is 0 Å². The fourth-order valence-electron chi connectivity index (χ4n) is 1.17. The number of carbonyl (C=O) groups is 1. The van der Waals surface area contributed by atoms with E-state index in [1.54, 1.807) is 31.4 Å². The van der Waals surface area contributed by atoms with Crippen molar-refractivity contribution in [1.29, 1.82) is 0 Å². The molecule has 0 unspecified atom stereocenters. The molecule has 2 amide bonds. The molecule has 0 aromatic heterocycles. The molecule has 0 aliphatic heterocycles. The Morgan fingerprint density at radius 1 is 1.38 bits per heavy atom. The highest BCUT2D eigenvalue weighted by atomic mass is 16.5. The molecule has 0 saturated carbocycles. The predicted octanol–water partition coefficient (Wildman–Crippen LogP) is 2.62. The molecule has 4 nitrogen and oxygen atoms in total. The van der Waals surface area contributed by atoms with Gasteiger partial charge in [-0.25, -0.2) is 4.79 Å². The fraction of sp³-hybridized carbons (Fsp3) is 0.417. The third-order valence-corrected chi connectivity index (χ3v) is 2.34. The third-order valence-electron chi connectivity index (χ3n) is 2.34. The highest BCUT2D eigenvalue weighted by Gasteiger charge is 2.04. The molecule has 1 rings (SSSR count). The van der Waals surface area contributed by atoms with E-state index >= 15 is 0 Å². The molecule has 1 aromatic rings. The summed E-state index contributed by atoms with van der Waals surface area (Å²) >= 11 is 0. The molecule has 1 atom stereocenters. The number of benzene rings is 1. The van der Waals surface area contributed by atoms with Crippen molar-refractivity contribution >= 4 is 11.7 Å². The van der Waals surface area contributed by atoms with Gasteiger partial charge in [0.2, 0.25) is 0 Å². The Balaban J connectivity index is 2.49. The lowest BCUT2D eigenvalue weighted by molar-refractivity contribution is 0.249. The Labute approximate surface area is 96.0 Å². The van der Waals surface area contributed by atoms with Gasteiger partial charge < -0.3 is 15.4 Å². The molecule has 1 aromatic carbocycles. The van der Waals surface area contributed by atoms with Crippen molar-refractivity contribution in [2.75, 3.05) is 12.4 Å². The molecule has 0 aliphatic carbocycles. The maximum absolute atomic E-state index is 11.5. The number of methoxy groups -OCH3 is 1. The molecule has 0 fully saturated rings. The molecular weight excluding hydrogens is 204 g/mol. The van der Waals surface area contributed by atoms with Gasteiger partial charge in [-0.15, -0.1) is 0 Å². The lowest BCUT2D eigenvalue weighted by atomic mass is 10.3. The minimum atomic E-state index is -0.181. The first-order valence-corrected chi connectivity index (χ1v) is 5.37. The largest absolute Gasteiger partial charge is 0.497 e. The zero-order valence-electron chi connectivity index (χ0n) is 9.91. The van der Waals surface area contributed by atoms with Crippen LogP contribution >= 0.6 is 0 Å². The zero-order chi connectivity index (χ0) is 12.0. The Morgan fingerprint density at radius 2 is 2.00 bits per heavy atom. The number of amides is 2. The summed E-state index contributed by atoms with van der Waals surface area (Å²) in [5.41, 5.74) is 0.751. The number of hydrogen-bond donors (Lipinski definition) is 2. The van der Waals surface area contributed by atoms with Crippen LogP contribution in [-0.4, -0.2) is 19.2 Å². The van der Waals surface area contributed by atoms with Crippen LogP contribution in [0.5, 0.6) is 5.75 Å². The van der Waals surface area contributed by atoms with Crippen molar-refractivity contribution in [3.05, 3.63) is 24.3 Å². The summed E-state index contributed by atoms with van der Waals surface area (Å²) in [6.07, 6.45) is 0.913. The SMILES string of the molecule is CC[C@@H](C)NC(=O)Nc1ccc(OC)cc1. The highest BCUT2D eigenvalue weighted by molar-refractivity contribution is 5.89. The molecule has 0 heterocycles. The van der Waals surface area contributed by atoms with E-state index in [-0.39, 0.29) is 12.1 Å². The number of carbonyl (C=O) groups excluding carboxylic acids is 1. The molecule has 0 radical (unpaired) electrons. The predicted molar refractivity (Wildman–Crippen MR) is 64.9 cm³/mol. The van der Waals surface area contributed by atoms with Crippen molar-refractivity contribution in [2.24, 2.45) is 0 Å². The molecule has 0 aliphatic rings. The van der Waals surface area contributed by atoms with Crippen LogP contribution in [-0.2, 0) is 0 Å². The van der Waals surface area contributed by atoms with Gasteiger partial charge in [0.25, 0.3) is 0 Å². The summed E-state index contributed by atoms with van der Waals surface area (Å²) in [4.78, 5) is 11.5. The van der Waals surface area contributed by atoms with Crippen molar-refractivity contribution in [3.63, 3.8) is 0 Å². The first kappa shape index (κ1) is 12.4. The van der Waals surface area contributed by atoms with E-state index in [9.17, 15) is 4.79 Å². The molecule has 0 bridgehead atoms. The normalized spacial score (nSPS) is 11.7. The van der Waals surface area contributed by atoms with E-state index in [1.807, 2.05) is 13.8 Å². The smallest absolute Gasteiger partial charge is 0.319 e. The van der Waals surface area contributed by atoms with Gasteiger partial charge in [0.05, 0.1) is 7.11 Å². The van der Waals surface area contributed by atoms with Gasteiger partial charge in [-0.2, -0.15) is 0 Å². The van der Waals surface area contributed by atoms with E-state index in [0.29, 0.717) is 0 Å². The molecule has 16 heavy (non-hydrogen) atoms. The topological polar surface area (TPSA) is 50.4 Å². The summed E-state index contributed by atoms with van der Waals surface area (Å²) in [5, 5.41) is 5.58. The minimum Gasteiger partial charge on any atom is -0.497 e. The monoisotopic (exact) mass is 222 g/mol. The van der Waals surface area contributed by atoms with Gasteiger partial charge >= 0.3 is 6.03 Å². The van der Waals surface area contributed by atoms with Crippen LogP contribution in [0.4, 0.5) is 10.5 Å². The van der Waals surface area contributed by atoms with Crippen LogP contribution in [0, 0.1) is 0 Å². The average Bonchev–Trinajstić information content (AvgIpc) is 2.29. The molecule has 88 valence electrons. The molecular formula is C12H18N2O2. The quantitative estimate of drug-likeness (QED) is 0.822. The van der Waals surface area contributed by atoms with E-state index in [1.165, 1.54) is 0 Å². The van der Waals surface area contributed by atoms with Gasteiger partial charge in [-0.05, 0) is 37.6 Å². The van der Waals surface area contributed by atoms with Crippen molar-refractivity contribution < 1.29 is 9.53 Å². The number of nitrogens with one attached hydrogen (secondary N) is 2. The van der Waals surface area contributed by atoms with Gasteiger partial charge in [-0.3, -0.25) is 0 Å². The van der Waals surface area contributed by atoms with Crippen molar-refractivity contribution in [3.8, 4) is 5.75 Å². The Morgan fingerprint density at radius 3 is 2.50 bits per heavy atom. The zero-order valence-corrected chi connectivity index (χ0v) is 9.91. The summed E-state index contributed by atoms with van der Waals surface area (Å²) in [7, 11) is 1.61. The summed E-state index contributed by atoms with van der Waals surface area (Å²) in [5.74, 6) is 0.771. The summed E-state index contributed by atoms with van der Waals surface area (Å²) in [6.45, 7) is 3.99.